The molecular formula is C17H25N5OS. The van der Waals surface area contributed by atoms with Crippen LogP contribution >= 0.6 is 11.3 Å². The SMILES string of the molecule is CC(O)c1cc2n(n1)CCCN(Cc1cnc(N3CCCC3)s1)C2. The van der Waals surface area contributed by atoms with Crippen molar-refractivity contribution in [1.82, 2.24) is 19.7 Å². The molecule has 4 heterocycles. The van der Waals surface area contributed by atoms with E-state index in [0.717, 1.165) is 51.4 Å². The van der Waals surface area contributed by atoms with Crippen LogP contribution in [0.15, 0.2) is 12.3 Å². The van der Waals surface area contributed by atoms with Crippen LogP contribution in [0, 0.1) is 0 Å². The van der Waals surface area contributed by atoms with Gasteiger partial charge in [-0.25, -0.2) is 4.98 Å². The van der Waals surface area contributed by atoms with Gasteiger partial charge in [-0.1, -0.05) is 0 Å². The first kappa shape index (κ1) is 16.1. The van der Waals surface area contributed by atoms with E-state index in [1.807, 2.05) is 23.6 Å². The van der Waals surface area contributed by atoms with Crippen molar-refractivity contribution >= 4 is 16.5 Å². The lowest BCUT2D eigenvalue weighted by Crippen LogP contribution is -2.22. The fraction of sp³-hybridized carbons (Fsp3) is 0.647. The molecule has 2 aromatic heterocycles. The van der Waals surface area contributed by atoms with Gasteiger partial charge in [0.2, 0.25) is 0 Å². The van der Waals surface area contributed by atoms with Crippen molar-refractivity contribution in [3.63, 3.8) is 0 Å². The number of anilines is 1. The third kappa shape index (κ3) is 3.34. The Kier molecular flexibility index (Phi) is 4.56. The van der Waals surface area contributed by atoms with Crippen LogP contribution in [0.4, 0.5) is 5.13 Å². The highest BCUT2D eigenvalue weighted by Gasteiger charge is 2.20. The molecule has 0 amide bonds. The van der Waals surface area contributed by atoms with E-state index < -0.39 is 6.10 Å². The highest BCUT2D eigenvalue weighted by molar-refractivity contribution is 7.15. The Bertz CT molecular complexity index is 689. The predicted molar refractivity (Wildman–Crippen MR) is 95.2 cm³/mol. The van der Waals surface area contributed by atoms with Crippen LogP contribution in [-0.2, 0) is 19.6 Å². The third-order valence-corrected chi connectivity index (χ3v) is 5.88. The minimum Gasteiger partial charge on any atom is -0.387 e. The van der Waals surface area contributed by atoms with E-state index in [1.54, 1.807) is 6.92 Å². The molecular weight excluding hydrogens is 322 g/mol. The maximum atomic E-state index is 9.75. The van der Waals surface area contributed by atoms with Gasteiger partial charge in [-0.2, -0.15) is 5.10 Å². The van der Waals surface area contributed by atoms with Gasteiger partial charge in [-0.3, -0.25) is 9.58 Å². The highest BCUT2D eigenvalue weighted by atomic mass is 32.1. The van der Waals surface area contributed by atoms with Crippen LogP contribution in [-0.4, -0.2) is 44.4 Å². The van der Waals surface area contributed by atoms with Crippen molar-refractivity contribution in [2.45, 2.75) is 51.9 Å². The Morgan fingerprint density at radius 2 is 2.04 bits per heavy atom. The van der Waals surface area contributed by atoms with Gasteiger partial charge in [-0.05, 0) is 32.3 Å². The second kappa shape index (κ2) is 6.82. The van der Waals surface area contributed by atoms with E-state index in [-0.39, 0.29) is 0 Å². The van der Waals surface area contributed by atoms with Gasteiger partial charge >= 0.3 is 0 Å². The van der Waals surface area contributed by atoms with Gasteiger partial charge in [0.05, 0.1) is 17.5 Å². The molecule has 1 fully saturated rings. The normalized spacial score (nSPS) is 20.2. The van der Waals surface area contributed by atoms with E-state index in [2.05, 4.69) is 24.6 Å². The molecule has 7 heteroatoms. The lowest BCUT2D eigenvalue weighted by atomic mass is 10.2. The number of thiazole rings is 1. The standard InChI is InChI=1S/C17H25N5OS/c1-13(23)16-9-14-11-20(5-4-8-22(14)19-16)12-15-10-18-17(24-15)21-6-2-3-7-21/h9-10,13,23H,2-8,11-12H2,1H3. The van der Waals surface area contributed by atoms with Gasteiger partial charge < -0.3 is 10.0 Å². The summed E-state index contributed by atoms with van der Waals surface area (Å²) in [6, 6.07) is 2.05. The Hall–Kier alpha value is -1.44. The fourth-order valence-corrected chi connectivity index (χ4v) is 4.54. The smallest absolute Gasteiger partial charge is 0.185 e. The van der Waals surface area contributed by atoms with Crippen LogP contribution in [0.2, 0.25) is 0 Å². The Morgan fingerprint density at radius 1 is 1.21 bits per heavy atom. The molecule has 1 unspecified atom stereocenters. The fourth-order valence-electron chi connectivity index (χ4n) is 3.54. The number of fused-ring (bicyclic) bond motifs is 1. The number of hydrogen-bond acceptors (Lipinski definition) is 6. The maximum Gasteiger partial charge on any atom is 0.185 e. The Morgan fingerprint density at radius 3 is 2.83 bits per heavy atom. The second-order valence-corrected chi connectivity index (χ2v) is 7.92. The third-order valence-electron chi connectivity index (χ3n) is 4.84. The van der Waals surface area contributed by atoms with Gasteiger partial charge in [0, 0.05) is 50.3 Å². The molecule has 4 rings (SSSR count). The number of hydrogen-bond donors (Lipinski definition) is 1. The highest BCUT2D eigenvalue weighted by Crippen LogP contribution is 2.27. The quantitative estimate of drug-likeness (QED) is 0.920. The minimum atomic E-state index is -0.498. The Balaban J connectivity index is 1.44. The Labute approximate surface area is 146 Å². The summed E-state index contributed by atoms with van der Waals surface area (Å²) < 4.78 is 2.06. The molecule has 2 aromatic rings. The van der Waals surface area contributed by atoms with E-state index in [9.17, 15) is 5.11 Å². The van der Waals surface area contributed by atoms with Crippen LogP contribution in [0.5, 0.6) is 0 Å². The van der Waals surface area contributed by atoms with Crippen LogP contribution < -0.4 is 4.90 Å². The summed E-state index contributed by atoms with van der Waals surface area (Å²) in [7, 11) is 0. The van der Waals surface area contributed by atoms with Crippen molar-refractivity contribution in [2.75, 3.05) is 24.5 Å². The van der Waals surface area contributed by atoms with Crippen molar-refractivity contribution in [1.29, 1.82) is 0 Å². The lowest BCUT2D eigenvalue weighted by molar-refractivity contribution is 0.193. The lowest BCUT2D eigenvalue weighted by Gasteiger charge is -2.18. The van der Waals surface area contributed by atoms with E-state index in [4.69, 9.17) is 0 Å². The molecule has 130 valence electrons. The molecule has 1 saturated heterocycles. The predicted octanol–water partition coefficient (Wildman–Crippen LogP) is 2.40. The number of rotatable bonds is 4. The number of aryl methyl sites for hydroxylation is 1. The van der Waals surface area contributed by atoms with Gasteiger partial charge in [-0.15, -0.1) is 11.3 Å². The average Bonchev–Trinajstić information content (AvgIpc) is 3.26. The first-order chi connectivity index (χ1) is 11.7. The zero-order valence-corrected chi connectivity index (χ0v) is 15.0. The van der Waals surface area contributed by atoms with E-state index in [0.29, 0.717) is 0 Å². The molecule has 0 saturated carbocycles. The summed E-state index contributed by atoms with van der Waals surface area (Å²) in [5.41, 5.74) is 1.98. The molecule has 24 heavy (non-hydrogen) atoms. The largest absolute Gasteiger partial charge is 0.387 e. The molecule has 0 radical (unpaired) electrons. The molecule has 0 aromatic carbocycles. The number of aromatic nitrogens is 3. The van der Waals surface area contributed by atoms with E-state index in [1.165, 1.54) is 28.5 Å². The van der Waals surface area contributed by atoms with Gasteiger partial charge in [0.25, 0.3) is 0 Å². The molecule has 1 atom stereocenters. The number of aliphatic hydroxyl groups is 1. The van der Waals surface area contributed by atoms with Crippen LogP contribution in [0.1, 0.15) is 48.6 Å². The van der Waals surface area contributed by atoms with Crippen molar-refractivity contribution in [3.8, 4) is 0 Å². The van der Waals surface area contributed by atoms with Crippen LogP contribution in [0.3, 0.4) is 0 Å². The monoisotopic (exact) mass is 347 g/mol. The molecule has 0 bridgehead atoms. The molecule has 6 nitrogen and oxygen atoms in total. The zero-order chi connectivity index (χ0) is 16.5. The first-order valence-corrected chi connectivity index (χ1v) is 9.67. The number of aliphatic hydroxyl groups excluding tert-OH is 1. The minimum absolute atomic E-state index is 0.498. The molecule has 1 N–H and O–H groups in total. The first-order valence-electron chi connectivity index (χ1n) is 8.86. The summed E-state index contributed by atoms with van der Waals surface area (Å²) >= 11 is 1.83. The summed E-state index contributed by atoms with van der Waals surface area (Å²) in [6.45, 7) is 7.91. The van der Waals surface area contributed by atoms with Crippen molar-refractivity contribution < 1.29 is 5.11 Å². The van der Waals surface area contributed by atoms with Gasteiger partial charge in [0.15, 0.2) is 5.13 Å². The zero-order valence-electron chi connectivity index (χ0n) is 14.2. The van der Waals surface area contributed by atoms with Crippen molar-refractivity contribution in [2.24, 2.45) is 0 Å². The molecule has 0 aliphatic carbocycles. The van der Waals surface area contributed by atoms with Gasteiger partial charge in [0.1, 0.15) is 0 Å². The second-order valence-electron chi connectivity index (χ2n) is 6.83. The molecule has 0 spiro atoms. The maximum absolute atomic E-state index is 9.75. The summed E-state index contributed by atoms with van der Waals surface area (Å²) in [5, 5.41) is 15.5. The topological polar surface area (TPSA) is 57.4 Å². The van der Waals surface area contributed by atoms with Crippen LogP contribution in [0.25, 0.3) is 0 Å². The van der Waals surface area contributed by atoms with E-state index >= 15 is 0 Å². The summed E-state index contributed by atoms with van der Waals surface area (Å²) in [6.07, 6.45) is 5.21. The summed E-state index contributed by atoms with van der Waals surface area (Å²) in [4.78, 5) is 10.8. The van der Waals surface area contributed by atoms with Crippen molar-refractivity contribution in [3.05, 3.63) is 28.5 Å². The summed E-state index contributed by atoms with van der Waals surface area (Å²) in [5.74, 6) is 0. The molecule has 2 aliphatic rings. The number of nitrogens with zero attached hydrogens (tertiary/aromatic N) is 5. The molecule has 2 aliphatic heterocycles. The average molecular weight is 347 g/mol.